The van der Waals surface area contributed by atoms with E-state index in [0.717, 1.165) is 24.4 Å². The van der Waals surface area contributed by atoms with E-state index in [4.69, 9.17) is 5.11 Å². The number of nitrogens with zero attached hydrogens (tertiary/aromatic N) is 3. The average Bonchev–Trinajstić information content (AvgIpc) is 2.84. The number of aromatic nitrogens is 3. The minimum atomic E-state index is -0.737. The summed E-state index contributed by atoms with van der Waals surface area (Å²) in [4.78, 5) is 15.0. The van der Waals surface area contributed by atoms with Gasteiger partial charge in [0.1, 0.15) is 5.82 Å². The van der Waals surface area contributed by atoms with Crippen molar-refractivity contribution in [2.75, 3.05) is 11.9 Å². The van der Waals surface area contributed by atoms with Crippen molar-refractivity contribution in [3.63, 3.8) is 0 Å². The second-order valence-electron chi connectivity index (χ2n) is 5.68. The third kappa shape index (κ3) is 3.94. The van der Waals surface area contributed by atoms with Crippen LogP contribution in [0.2, 0.25) is 0 Å². The number of hydrogen-bond donors (Lipinski definition) is 2. The SMILES string of the molecule is CC(C)(CCNc1ccn2nccc2n1)CCC(=O)O. The van der Waals surface area contributed by atoms with Gasteiger partial charge in [0, 0.05) is 25.2 Å². The molecule has 0 saturated heterocycles. The Morgan fingerprint density at radius 2 is 2.20 bits per heavy atom. The van der Waals surface area contributed by atoms with E-state index in [1.807, 2.05) is 18.3 Å². The third-order valence-corrected chi connectivity index (χ3v) is 3.38. The Bertz CT molecular complexity index is 592. The Labute approximate surface area is 117 Å². The molecule has 0 unspecified atom stereocenters. The molecule has 2 N–H and O–H groups in total. The second kappa shape index (κ2) is 5.90. The lowest BCUT2D eigenvalue weighted by atomic mass is 9.84. The van der Waals surface area contributed by atoms with Gasteiger partial charge < -0.3 is 10.4 Å². The molecular formula is C14H20N4O2. The fourth-order valence-electron chi connectivity index (χ4n) is 2.01. The van der Waals surface area contributed by atoms with E-state index in [2.05, 4.69) is 29.2 Å². The van der Waals surface area contributed by atoms with Crippen molar-refractivity contribution >= 4 is 17.4 Å². The molecule has 2 heterocycles. The van der Waals surface area contributed by atoms with Gasteiger partial charge in [-0.25, -0.2) is 9.50 Å². The number of aliphatic carboxylic acids is 1. The van der Waals surface area contributed by atoms with Crippen LogP contribution in [0.3, 0.4) is 0 Å². The van der Waals surface area contributed by atoms with Crippen LogP contribution in [-0.4, -0.2) is 32.2 Å². The van der Waals surface area contributed by atoms with Gasteiger partial charge in [0.15, 0.2) is 5.65 Å². The van der Waals surface area contributed by atoms with Crippen molar-refractivity contribution in [3.05, 3.63) is 24.5 Å². The molecule has 2 aromatic rings. The highest BCUT2D eigenvalue weighted by atomic mass is 16.4. The van der Waals surface area contributed by atoms with Gasteiger partial charge in [-0.2, -0.15) is 5.10 Å². The van der Waals surface area contributed by atoms with E-state index in [1.165, 1.54) is 0 Å². The smallest absolute Gasteiger partial charge is 0.303 e. The predicted molar refractivity (Wildman–Crippen MR) is 76.7 cm³/mol. The highest BCUT2D eigenvalue weighted by molar-refractivity contribution is 5.66. The van der Waals surface area contributed by atoms with Gasteiger partial charge in [0.2, 0.25) is 0 Å². The Kier molecular flexibility index (Phi) is 4.22. The van der Waals surface area contributed by atoms with Crippen molar-refractivity contribution in [1.29, 1.82) is 0 Å². The lowest BCUT2D eigenvalue weighted by Gasteiger charge is -2.23. The molecule has 0 aliphatic heterocycles. The number of fused-ring (bicyclic) bond motifs is 1. The molecule has 0 aliphatic rings. The normalized spacial score (nSPS) is 11.7. The lowest BCUT2D eigenvalue weighted by Crippen LogP contribution is -2.18. The van der Waals surface area contributed by atoms with Gasteiger partial charge in [-0.3, -0.25) is 4.79 Å². The van der Waals surface area contributed by atoms with Crippen molar-refractivity contribution in [2.24, 2.45) is 5.41 Å². The zero-order chi connectivity index (χ0) is 14.6. The highest BCUT2D eigenvalue weighted by Crippen LogP contribution is 2.26. The number of anilines is 1. The van der Waals surface area contributed by atoms with E-state index in [1.54, 1.807) is 10.7 Å². The van der Waals surface area contributed by atoms with E-state index >= 15 is 0 Å². The van der Waals surface area contributed by atoms with E-state index in [9.17, 15) is 4.79 Å². The molecule has 0 spiro atoms. The molecule has 0 bridgehead atoms. The number of carboxylic acid groups (broad SMARTS) is 1. The summed E-state index contributed by atoms with van der Waals surface area (Å²) in [6.07, 6.45) is 5.36. The summed E-state index contributed by atoms with van der Waals surface area (Å²) in [5, 5.41) is 16.1. The fourth-order valence-corrected chi connectivity index (χ4v) is 2.01. The Morgan fingerprint density at radius 1 is 1.40 bits per heavy atom. The first-order valence-electron chi connectivity index (χ1n) is 6.72. The predicted octanol–water partition coefficient (Wildman–Crippen LogP) is 2.42. The summed E-state index contributed by atoms with van der Waals surface area (Å²) >= 11 is 0. The molecule has 0 saturated carbocycles. The number of carboxylic acids is 1. The summed E-state index contributed by atoms with van der Waals surface area (Å²) in [5.74, 6) is 0.0749. The first-order valence-corrected chi connectivity index (χ1v) is 6.72. The van der Waals surface area contributed by atoms with Crippen LogP contribution in [-0.2, 0) is 4.79 Å². The zero-order valence-corrected chi connectivity index (χ0v) is 11.8. The number of nitrogens with one attached hydrogen (secondary N) is 1. The molecule has 0 radical (unpaired) electrons. The van der Waals surface area contributed by atoms with Gasteiger partial charge in [-0.15, -0.1) is 0 Å². The molecule has 0 atom stereocenters. The summed E-state index contributed by atoms with van der Waals surface area (Å²) in [6.45, 7) is 4.94. The Morgan fingerprint density at radius 3 is 2.95 bits per heavy atom. The minimum absolute atomic E-state index is 0.00606. The summed E-state index contributed by atoms with van der Waals surface area (Å²) in [7, 11) is 0. The van der Waals surface area contributed by atoms with Crippen LogP contribution in [0.5, 0.6) is 0 Å². The second-order valence-corrected chi connectivity index (χ2v) is 5.68. The topological polar surface area (TPSA) is 79.5 Å². The first-order chi connectivity index (χ1) is 9.46. The van der Waals surface area contributed by atoms with Gasteiger partial charge in [0.25, 0.3) is 0 Å². The van der Waals surface area contributed by atoms with Crippen LogP contribution in [0.4, 0.5) is 5.82 Å². The molecule has 2 aromatic heterocycles. The molecule has 0 fully saturated rings. The Balaban J connectivity index is 1.84. The maximum atomic E-state index is 10.6. The Hall–Kier alpha value is -2.11. The maximum absolute atomic E-state index is 10.6. The van der Waals surface area contributed by atoms with Gasteiger partial charge in [-0.05, 0) is 24.3 Å². The minimum Gasteiger partial charge on any atom is -0.481 e. The molecule has 2 rings (SSSR count). The van der Waals surface area contributed by atoms with Crippen LogP contribution >= 0.6 is 0 Å². The first kappa shape index (κ1) is 14.3. The average molecular weight is 276 g/mol. The highest BCUT2D eigenvalue weighted by Gasteiger charge is 2.18. The van der Waals surface area contributed by atoms with Crippen LogP contribution in [0.25, 0.3) is 5.65 Å². The largest absolute Gasteiger partial charge is 0.481 e. The van der Waals surface area contributed by atoms with Crippen LogP contribution < -0.4 is 5.32 Å². The van der Waals surface area contributed by atoms with Crippen molar-refractivity contribution in [3.8, 4) is 0 Å². The molecule has 20 heavy (non-hydrogen) atoms. The number of hydrogen-bond acceptors (Lipinski definition) is 4. The molecular weight excluding hydrogens is 256 g/mol. The maximum Gasteiger partial charge on any atom is 0.303 e. The summed E-state index contributed by atoms with van der Waals surface area (Å²) in [5.41, 5.74) is 0.812. The zero-order valence-electron chi connectivity index (χ0n) is 11.8. The van der Waals surface area contributed by atoms with Crippen molar-refractivity contribution < 1.29 is 9.90 Å². The van der Waals surface area contributed by atoms with Crippen molar-refractivity contribution in [1.82, 2.24) is 14.6 Å². The third-order valence-electron chi connectivity index (χ3n) is 3.38. The lowest BCUT2D eigenvalue weighted by molar-refractivity contribution is -0.137. The quantitative estimate of drug-likeness (QED) is 0.812. The molecule has 0 aromatic carbocycles. The number of rotatable bonds is 7. The van der Waals surface area contributed by atoms with Gasteiger partial charge >= 0.3 is 5.97 Å². The molecule has 108 valence electrons. The van der Waals surface area contributed by atoms with Crippen LogP contribution in [0.15, 0.2) is 24.5 Å². The van der Waals surface area contributed by atoms with Gasteiger partial charge in [-0.1, -0.05) is 13.8 Å². The summed E-state index contributed by atoms with van der Waals surface area (Å²) in [6, 6.07) is 3.73. The number of carbonyl (C=O) groups is 1. The van der Waals surface area contributed by atoms with Crippen molar-refractivity contribution in [2.45, 2.75) is 33.1 Å². The molecule has 6 nitrogen and oxygen atoms in total. The van der Waals surface area contributed by atoms with E-state index in [-0.39, 0.29) is 11.8 Å². The fraction of sp³-hybridized carbons (Fsp3) is 0.500. The van der Waals surface area contributed by atoms with Gasteiger partial charge in [0.05, 0.1) is 6.20 Å². The van der Waals surface area contributed by atoms with Crippen LogP contribution in [0.1, 0.15) is 33.1 Å². The monoisotopic (exact) mass is 276 g/mol. The van der Waals surface area contributed by atoms with E-state index < -0.39 is 5.97 Å². The molecule has 0 amide bonds. The molecule has 0 aliphatic carbocycles. The molecule has 6 heteroatoms. The van der Waals surface area contributed by atoms with Crippen LogP contribution in [0, 0.1) is 5.41 Å². The standard InChI is InChI=1S/C14H20N4O2/c1-14(2,6-3-13(19)20)7-9-15-11-5-10-18-12(17-11)4-8-16-18/h4-5,8,10H,3,6-7,9H2,1-2H3,(H,15,17)(H,19,20). The van der Waals surface area contributed by atoms with E-state index in [0.29, 0.717) is 6.42 Å². The summed E-state index contributed by atoms with van der Waals surface area (Å²) < 4.78 is 1.71.